The summed E-state index contributed by atoms with van der Waals surface area (Å²) in [7, 11) is 0. The summed E-state index contributed by atoms with van der Waals surface area (Å²) >= 11 is 0. The van der Waals surface area contributed by atoms with E-state index in [9.17, 15) is 4.39 Å². The highest BCUT2D eigenvalue weighted by Gasteiger charge is 2.27. The molecule has 0 bridgehead atoms. The largest absolute Gasteiger partial charge is 0.378 e. The highest BCUT2D eigenvalue weighted by molar-refractivity contribution is 5.17. The lowest BCUT2D eigenvalue weighted by Crippen LogP contribution is -2.55. The Hall–Kier alpha value is -0.930. The van der Waals surface area contributed by atoms with E-state index < -0.39 is 0 Å². The van der Waals surface area contributed by atoms with Gasteiger partial charge >= 0.3 is 0 Å². The second-order valence-corrected chi connectivity index (χ2v) is 5.37. The molecular weight excluding hydrogens is 217 g/mol. The van der Waals surface area contributed by atoms with Gasteiger partial charge < -0.3 is 10.1 Å². The first-order chi connectivity index (χ1) is 8.07. The first-order valence-electron chi connectivity index (χ1n) is 6.16. The molecule has 1 aromatic rings. The minimum atomic E-state index is -0.108. The maximum Gasteiger partial charge on any atom is 0.126 e. The molecule has 0 spiro atoms. The van der Waals surface area contributed by atoms with Crippen molar-refractivity contribution >= 4 is 0 Å². The van der Waals surface area contributed by atoms with Gasteiger partial charge in [0.2, 0.25) is 0 Å². The summed E-state index contributed by atoms with van der Waals surface area (Å²) in [5.41, 5.74) is 0.815. The maximum absolute atomic E-state index is 13.4. The Kier molecular flexibility index (Phi) is 3.79. The third-order valence-electron chi connectivity index (χ3n) is 3.10. The number of halogens is 1. The summed E-state index contributed by atoms with van der Waals surface area (Å²) in [6.07, 6.45) is 1.66. The molecule has 1 atom stereocenters. The Bertz CT molecular complexity index is 378. The molecule has 0 amide bonds. The molecule has 1 fully saturated rings. The molecule has 1 heterocycles. The summed E-state index contributed by atoms with van der Waals surface area (Å²) in [6.45, 7) is 5.71. The van der Waals surface area contributed by atoms with Gasteiger partial charge in [0, 0.05) is 11.6 Å². The number of rotatable bonds is 3. The van der Waals surface area contributed by atoms with Crippen molar-refractivity contribution in [1.82, 2.24) is 5.32 Å². The monoisotopic (exact) mass is 237 g/mol. The van der Waals surface area contributed by atoms with Crippen molar-refractivity contribution in [3.8, 4) is 0 Å². The van der Waals surface area contributed by atoms with Gasteiger partial charge in [0.05, 0.1) is 13.2 Å². The van der Waals surface area contributed by atoms with E-state index in [-0.39, 0.29) is 11.4 Å². The Morgan fingerprint density at radius 3 is 2.88 bits per heavy atom. The second kappa shape index (κ2) is 5.15. The van der Waals surface area contributed by atoms with Crippen LogP contribution in [0.25, 0.3) is 0 Å². The molecule has 3 heteroatoms. The third kappa shape index (κ3) is 3.51. The van der Waals surface area contributed by atoms with Gasteiger partial charge in [-0.15, -0.1) is 0 Å². The highest BCUT2D eigenvalue weighted by Crippen LogP contribution is 2.16. The molecule has 0 aromatic heterocycles. The molecule has 1 N–H and O–H groups in total. The minimum absolute atomic E-state index is 0.0259. The number of benzene rings is 1. The quantitative estimate of drug-likeness (QED) is 0.872. The van der Waals surface area contributed by atoms with Crippen LogP contribution in [0.1, 0.15) is 25.8 Å². The van der Waals surface area contributed by atoms with Crippen molar-refractivity contribution in [3.05, 3.63) is 35.6 Å². The Morgan fingerprint density at radius 2 is 2.18 bits per heavy atom. The van der Waals surface area contributed by atoms with Crippen LogP contribution in [0.4, 0.5) is 4.39 Å². The second-order valence-electron chi connectivity index (χ2n) is 5.37. The molecular formula is C14H20FNO. The van der Waals surface area contributed by atoms with E-state index in [1.165, 1.54) is 6.07 Å². The standard InChI is InChI=1S/C14H20FNO/c1-14(2)10-17-9-12(16-14)8-7-11-5-3-4-6-13(11)15/h3-6,12,16H,7-10H2,1-2H3. The van der Waals surface area contributed by atoms with Crippen LogP contribution in [0, 0.1) is 5.82 Å². The van der Waals surface area contributed by atoms with Gasteiger partial charge in [0.15, 0.2) is 0 Å². The van der Waals surface area contributed by atoms with Crippen molar-refractivity contribution in [1.29, 1.82) is 0 Å². The van der Waals surface area contributed by atoms with Crippen molar-refractivity contribution in [2.24, 2.45) is 0 Å². The Balaban J connectivity index is 1.88. The van der Waals surface area contributed by atoms with Crippen LogP contribution < -0.4 is 5.32 Å². The third-order valence-corrected chi connectivity index (χ3v) is 3.10. The molecule has 2 rings (SSSR count). The van der Waals surface area contributed by atoms with Crippen LogP contribution >= 0.6 is 0 Å². The molecule has 1 aliphatic heterocycles. The number of ether oxygens (including phenoxy) is 1. The molecule has 0 radical (unpaired) electrons. The predicted molar refractivity (Wildman–Crippen MR) is 66.5 cm³/mol. The molecule has 1 saturated heterocycles. The van der Waals surface area contributed by atoms with E-state index in [0.717, 1.165) is 31.6 Å². The van der Waals surface area contributed by atoms with Crippen LogP contribution in [0.2, 0.25) is 0 Å². The van der Waals surface area contributed by atoms with Crippen LogP contribution in [0.3, 0.4) is 0 Å². The molecule has 0 aliphatic carbocycles. The van der Waals surface area contributed by atoms with E-state index in [2.05, 4.69) is 19.2 Å². The molecule has 1 unspecified atom stereocenters. The van der Waals surface area contributed by atoms with Gasteiger partial charge in [0.25, 0.3) is 0 Å². The highest BCUT2D eigenvalue weighted by atomic mass is 19.1. The molecule has 17 heavy (non-hydrogen) atoms. The Morgan fingerprint density at radius 1 is 1.41 bits per heavy atom. The van der Waals surface area contributed by atoms with E-state index in [1.54, 1.807) is 6.07 Å². The summed E-state index contributed by atoms with van der Waals surface area (Å²) in [5, 5.41) is 3.53. The number of hydrogen-bond donors (Lipinski definition) is 1. The normalized spacial score (nSPS) is 23.6. The first kappa shape index (κ1) is 12.5. The fourth-order valence-electron chi connectivity index (χ4n) is 2.28. The lowest BCUT2D eigenvalue weighted by molar-refractivity contribution is 0.0112. The van der Waals surface area contributed by atoms with E-state index in [1.807, 2.05) is 12.1 Å². The van der Waals surface area contributed by atoms with Gasteiger partial charge in [0.1, 0.15) is 5.82 Å². The van der Waals surface area contributed by atoms with E-state index in [4.69, 9.17) is 4.74 Å². The van der Waals surface area contributed by atoms with Crippen molar-refractivity contribution in [3.63, 3.8) is 0 Å². The lowest BCUT2D eigenvalue weighted by atomic mass is 9.99. The molecule has 1 aliphatic rings. The number of aryl methyl sites for hydroxylation is 1. The Labute approximate surface area is 102 Å². The van der Waals surface area contributed by atoms with Crippen molar-refractivity contribution < 1.29 is 9.13 Å². The minimum Gasteiger partial charge on any atom is -0.378 e. The SMILES string of the molecule is CC1(C)COCC(CCc2ccccc2F)N1. The zero-order valence-electron chi connectivity index (χ0n) is 10.5. The van der Waals surface area contributed by atoms with Gasteiger partial charge in [-0.05, 0) is 38.3 Å². The molecule has 94 valence electrons. The number of morpholine rings is 1. The topological polar surface area (TPSA) is 21.3 Å². The van der Waals surface area contributed by atoms with Crippen LogP contribution in [-0.2, 0) is 11.2 Å². The smallest absolute Gasteiger partial charge is 0.126 e. The molecule has 1 aromatic carbocycles. The summed E-state index contributed by atoms with van der Waals surface area (Å²) in [6, 6.07) is 7.30. The zero-order valence-corrected chi connectivity index (χ0v) is 10.5. The van der Waals surface area contributed by atoms with Crippen LogP contribution in [0.5, 0.6) is 0 Å². The number of nitrogens with one attached hydrogen (secondary N) is 1. The summed E-state index contributed by atoms with van der Waals surface area (Å²) in [4.78, 5) is 0. The fourth-order valence-corrected chi connectivity index (χ4v) is 2.28. The lowest BCUT2D eigenvalue weighted by Gasteiger charge is -2.37. The summed E-state index contributed by atoms with van der Waals surface area (Å²) < 4.78 is 19.0. The molecule has 2 nitrogen and oxygen atoms in total. The average Bonchev–Trinajstić information content (AvgIpc) is 2.27. The average molecular weight is 237 g/mol. The molecule has 0 saturated carbocycles. The van der Waals surface area contributed by atoms with Crippen LogP contribution in [-0.4, -0.2) is 24.8 Å². The first-order valence-corrected chi connectivity index (χ1v) is 6.16. The number of hydrogen-bond acceptors (Lipinski definition) is 2. The fraction of sp³-hybridized carbons (Fsp3) is 0.571. The van der Waals surface area contributed by atoms with Gasteiger partial charge in [-0.3, -0.25) is 0 Å². The van der Waals surface area contributed by atoms with Gasteiger partial charge in [-0.1, -0.05) is 18.2 Å². The van der Waals surface area contributed by atoms with Crippen LogP contribution in [0.15, 0.2) is 24.3 Å². The van der Waals surface area contributed by atoms with Crippen molar-refractivity contribution in [2.45, 2.75) is 38.3 Å². The maximum atomic E-state index is 13.4. The zero-order chi connectivity index (χ0) is 12.3. The summed E-state index contributed by atoms with van der Waals surface area (Å²) in [5.74, 6) is -0.108. The van der Waals surface area contributed by atoms with E-state index >= 15 is 0 Å². The van der Waals surface area contributed by atoms with Crippen molar-refractivity contribution in [2.75, 3.05) is 13.2 Å². The van der Waals surface area contributed by atoms with Gasteiger partial charge in [-0.25, -0.2) is 4.39 Å². The predicted octanol–water partition coefficient (Wildman–Crippen LogP) is 2.53. The van der Waals surface area contributed by atoms with Gasteiger partial charge in [-0.2, -0.15) is 0 Å². The van der Waals surface area contributed by atoms with E-state index in [0.29, 0.717) is 6.04 Å².